The van der Waals surface area contributed by atoms with Crippen molar-refractivity contribution in [1.82, 2.24) is 0 Å². The minimum atomic E-state index is 0.179. The molecule has 0 bridgehead atoms. The van der Waals surface area contributed by atoms with Crippen molar-refractivity contribution in [3.8, 4) is 0 Å². The first-order valence-corrected chi connectivity index (χ1v) is 6.40. The second-order valence-corrected chi connectivity index (χ2v) is 5.24. The molecule has 0 amide bonds. The lowest BCUT2D eigenvalue weighted by molar-refractivity contribution is 0.709. The predicted octanol–water partition coefficient (Wildman–Crippen LogP) is 4.92. The Labute approximate surface area is 101 Å². The molecule has 0 saturated heterocycles. The zero-order valence-electron chi connectivity index (χ0n) is 9.20. The van der Waals surface area contributed by atoms with E-state index in [4.69, 9.17) is 11.6 Å². The largest absolute Gasteiger partial charge is 0.118 e. The third-order valence-electron chi connectivity index (χ3n) is 3.40. The van der Waals surface area contributed by atoms with Crippen LogP contribution in [0.1, 0.15) is 30.2 Å². The number of benzene rings is 2. The molecule has 0 aromatic heterocycles. The molecule has 1 aliphatic rings. The molecule has 2 aromatic carbocycles. The number of fused-ring (bicyclic) bond motifs is 1. The third kappa shape index (κ3) is 1.94. The van der Waals surface area contributed by atoms with Crippen molar-refractivity contribution in [1.29, 1.82) is 0 Å². The summed E-state index contributed by atoms with van der Waals surface area (Å²) in [4.78, 5) is 0. The lowest BCUT2D eigenvalue weighted by atomic mass is 9.99. The van der Waals surface area contributed by atoms with Gasteiger partial charge in [0.15, 0.2) is 0 Å². The Hall–Kier alpha value is -1.01. The van der Waals surface area contributed by atoms with Gasteiger partial charge in [0, 0.05) is 0 Å². The molecule has 82 valence electrons. The van der Waals surface area contributed by atoms with E-state index < -0.39 is 0 Å². The average Bonchev–Trinajstić information content (AvgIpc) is 3.12. The van der Waals surface area contributed by atoms with Crippen LogP contribution in [0, 0.1) is 5.92 Å². The highest BCUT2D eigenvalue weighted by atomic mass is 35.5. The van der Waals surface area contributed by atoms with Crippen LogP contribution in [0.4, 0.5) is 0 Å². The molecule has 1 saturated carbocycles. The topological polar surface area (TPSA) is 0 Å². The van der Waals surface area contributed by atoms with Gasteiger partial charge in [0.05, 0.1) is 5.38 Å². The monoisotopic (exact) mass is 230 g/mol. The van der Waals surface area contributed by atoms with Crippen molar-refractivity contribution in [2.75, 3.05) is 0 Å². The quantitative estimate of drug-likeness (QED) is 0.657. The molecular weight excluding hydrogens is 216 g/mol. The highest BCUT2D eigenvalue weighted by Gasteiger charge is 2.25. The SMILES string of the molecule is ClC(CC1CC1)c1cccc2ccccc12. The van der Waals surface area contributed by atoms with Crippen LogP contribution < -0.4 is 0 Å². The molecule has 0 radical (unpaired) electrons. The lowest BCUT2D eigenvalue weighted by Gasteiger charge is -2.12. The number of hydrogen-bond donors (Lipinski definition) is 0. The molecule has 0 aliphatic heterocycles. The maximum absolute atomic E-state index is 6.52. The molecule has 0 spiro atoms. The van der Waals surface area contributed by atoms with Crippen LogP contribution in [0.2, 0.25) is 0 Å². The van der Waals surface area contributed by atoms with Crippen LogP contribution in [0.3, 0.4) is 0 Å². The van der Waals surface area contributed by atoms with E-state index in [0.29, 0.717) is 0 Å². The normalized spacial score (nSPS) is 17.6. The van der Waals surface area contributed by atoms with Crippen LogP contribution in [0.5, 0.6) is 0 Å². The van der Waals surface area contributed by atoms with E-state index in [1.54, 1.807) is 0 Å². The molecule has 0 nitrogen and oxygen atoms in total. The van der Waals surface area contributed by atoms with Crippen molar-refractivity contribution in [2.24, 2.45) is 5.92 Å². The van der Waals surface area contributed by atoms with Gasteiger partial charge in [0.1, 0.15) is 0 Å². The molecule has 2 aromatic rings. The third-order valence-corrected chi connectivity index (χ3v) is 3.81. The van der Waals surface area contributed by atoms with Gasteiger partial charge in [-0.15, -0.1) is 11.6 Å². The molecular formula is C15H15Cl. The van der Waals surface area contributed by atoms with Gasteiger partial charge < -0.3 is 0 Å². The number of hydrogen-bond acceptors (Lipinski definition) is 0. The Bertz CT molecular complexity index is 494. The highest BCUT2D eigenvalue weighted by Crippen LogP contribution is 2.41. The van der Waals surface area contributed by atoms with E-state index in [1.807, 2.05) is 0 Å². The zero-order valence-corrected chi connectivity index (χ0v) is 9.95. The van der Waals surface area contributed by atoms with Crippen molar-refractivity contribution in [3.05, 3.63) is 48.0 Å². The molecule has 0 heterocycles. The van der Waals surface area contributed by atoms with Gasteiger partial charge in [0.25, 0.3) is 0 Å². The Kier molecular flexibility index (Phi) is 2.61. The van der Waals surface area contributed by atoms with Gasteiger partial charge in [-0.3, -0.25) is 0 Å². The van der Waals surface area contributed by atoms with Crippen LogP contribution in [0.15, 0.2) is 42.5 Å². The average molecular weight is 231 g/mol. The first-order valence-electron chi connectivity index (χ1n) is 5.96. The summed E-state index contributed by atoms with van der Waals surface area (Å²) >= 11 is 6.52. The van der Waals surface area contributed by atoms with E-state index in [9.17, 15) is 0 Å². The summed E-state index contributed by atoms with van der Waals surface area (Å²) in [6.07, 6.45) is 3.87. The Morgan fingerprint density at radius 2 is 1.81 bits per heavy atom. The van der Waals surface area contributed by atoms with E-state index in [0.717, 1.165) is 12.3 Å². The predicted molar refractivity (Wildman–Crippen MR) is 69.9 cm³/mol. The van der Waals surface area contributed by atoms with Crippen LogP contribution in [0.25, 0.3) is 10.8 Å². The summed E-state index contributed by atoms with van der Waals surface area (Å²) in [5.74, 6) is 0.876. The molecule has 1 fully saturated rings. The maximum atomic E-state index is 6.52. The fourth-order valence-electron chi connectivity index (χ4n) is 2.30. The zero-order chi connectivity index (χ0) is 11.0. The van der Waals surface area contributed by atoms with Crippen LogP contribution in [-0.4, -0.2) is 0 Å². The second-order valence-electron chi connectivity index (χ2n) is 4.71. The second kappa shape index (κ2) is 4.10. The van der Waals surface area contributed by atoms with Gasteiger partial charge in [-0.05, 0) is 28.7 Å². The number of halogens is 1. The van der Waals surface area contributed by atoms with Crippen LogP contribution >= 0.6 is 11.6 Å². The van der Waals surface area contributed by atoms with Gasteiger partial charge >= 0.3 is 0 Å². The molecule has 16 heavy (non-hydrogen) atoms. The van der Waals surface area contributed by atoms with E-state index in [1.165, 1.54) is 29.2 Å². The van der Waals surface area contributed by atoms with Crippen LogP contribution in [-0.2, 0) is 0 Å². The molecule has 0 N–H and O–H groups in total. The summed E-state index contributed by atoms with van der Waals surface area (Å²) in [6.45, 7) is 0. The maximum Gasteiger partial charge on any atom is 0.0593 e. The Balaban J connectivity index is 2.00. The lowest BCUT2D eigenvalue weighted by Crippen LogP contribution is -1.93. The first-order chi connectivity index (χ1) is 7.84. The standard InChI is InChI=1S/C15H15Cl/c16-15(10-11-8-9-11)14-7-3-5-12-4-1-2-6-13(12)14/h1-7,11,15H,8-10H2. The fourth-order valence-corrected chi connectivity index (χ4v) is 2.74. The Morgan fingerprint density at radius 3 is 2.62 bits per heavy atom. The minimum Gasteiger partial charge on any atom is -0.118 e. The van der Waals surface area contributed by atoms with E-state index in [-0.39, 0.29) is 5.38 Å². The van der Waals surface area contributed by atoms with Gasteiger partial charge in [-0.25, -0.2) is 0 Å². The molecule has 1 aliphatic carbocycles. The first kappa shape index (κ1) is 10.2. The number of alkyl halides is 1. The van der Waals surface area contributed by atoms with Gasteiger partial charge in [0.2, 0.25) is 0 Å². The van der Waals surface area contributed by atoms with Crippen molar-refractivity contribution in [2.45, 2.75) is 24.6 Å². The van der Waals surface area contributed by atoms with Crippen molar-refractivity contribution >= 4 is 22.4 Å². The van der Waals surface area contributed by atoms with Gasteiger partial charge in [-0.1, -0.05) is 55.3 Å². The summed E-state index contributed by atoms with van der Waals surface area (Å²) in [5.41, 5.74) is 1.30. The molecule has 1 atom stereocenters. The molecule has 3 rings (SSSR count). The van der Waals surface area contributed by atoms with E-state index in [2.05, 4.69) is 42.5 Å². The van der Waals surface area contributed by atoms with Crippen molar-refractivity contribution in [3.63, 3.8) is 0 Å². The molecule has 1 heteroatoms. The summed E-state index contributed by atoms with van der Waals surface area (Å²) < 4.78 is 0. The summed E-state index contributed by atoms with van der Waals surface area (Å²) in [5, 5.41) is 2.78. The molecule has 1 unspecified atom stereocenters. The summed E-state index contributed by atoms with van der Waals surface area (Å²) in [7, 11) is 0. The number of rotatable bonds is 3. The highest BCUT2D eigenvalue weighted by molar-refractivity contribution is 6.21. The fraction of sp³-hybridized carbons (Fsp3) is 0.333. The van der Waals surface area contributed by atoms with Gasteiger partial charge in [-0.2, -0.15) is 0 Å². The van der Waals surface area contributed by atoms with Crippen molar-refractivity contribution < 1.29 is 0 Å². The van der Waals surface area contributed by atoms with E-state index >= 15 is 0 Å². The summed E-state index contributed by atoms with van der Waals surface area (Å²) in [6, 6.07) is 14.9. The Morgan fingerprint density at radius 1 is 1.06 bits per heavy atom. The smallest absolute Gasteiger partial charge is 0.0593 e. The minimum absolute atomic E-state index is 0.179.